The van der Waals surface area contributed by atoms with Gasteiger partial charge < -0.3 is 5.32 Å². The lowest BCUT2D eigenvalue weighted by Gasteiger charge is -2.23. The molecule has 0 spiro atoms. The van der Waals surface area contributed by atoms with Gasteiger partial charge in [-0.1, -0.05) is 54.1 Å². The van der Waals surface area contributed by atoms with E-state index in [1.54, 1.807) is 0 Å². The Morgan fingerprint density at radius 3 is 2.70 bits per heavy atom. The maximum Gasteiger partial charge on any atom is 0.226 e. The first-order chi connectivity index (χ1) is 11.2. The van der Waals surface area contributed by atoms with Crippen molar-refractivity contribution < 1.29 is 4.79 Å². The Hall–Kier alpha value is -2.59. The minimum atomic E-state index is -0.0635. The Bertz CT molecular complexity index is 873. The highest BCUT2D eigenvalue weighted by atomic mass is 35.5. The van der Waals surface area contributed by atoms with Crippen LogP contribution >= 0.6 is 11.6 Å². The Morgan fingerprint density at radius 2 is 1.91 bits per heavy atom. The summed E-state index contributed by atoms with van der Waals surface area (Å²) in [6.45, 7) is 0. The van der Waals surface area contributed by atoms with Crippen LogP contribution in [0.1, 0.15) is 23.5 Å². The minimum Gasteiger partial charge on any atom is -0.309 e. The first-order valence-electron chi connectivity index (χ1n) is 7.41. The Kier molecular flexibility index (Phi) is 3.39. The van der Waals surface area contributed by atoms with Crippen LogP contribution in [0.25, 0.3) is 11.3 Å². The fourth-order valence-electron chi connectivity index (χ4n) is 3.09. The fourth-order valence-corrected chi connectivity index (χ4v) is 3.29. The lowest BCUT2D eigenvalue weighted by molar-refractivity contribution is -0.116. The molecule has 1 amide bonds. The quantitative estimate of drug-likeness (QED) is 0.742. The third-order valence-corrected chi connectivity index (χ3v) is 4.35. The van der Waals surface area contributed by atoms with Crippen molar-refractivity contribution in [3.63, 3.8) is 0 Å². The predicted molar refractivity (Wildman–Crippen MR) is 90.6 cm³/mol. The number of carbonyl (C=O) groups is 1. The number of hydrogen-bond donors (Lipinski definition) is 2. The van der Waals surface area contributed by atoms with Gasteiger partial charge in [-0.15, -0.1) is 0 Å². The SMILES string of the molecule is O=C1C[C@H](c2cccc(Cl)c2)c2c(n[nH]c2-c2ccccc2)N1. The van der Waals surface area contributed by atoms with Gasteiger partial charge >= 0.3 is 0 Å². The van der Waals surface area contributed by atoms with E-state index in [2.05, 4.69) is 15.5 Å². The third kappa shape index (κ3) is 2.51. The van der Waals surface area contributed by atoms with E-state index in [0.29, 0.717) is 17.3 Å². The largest absolute Gasteiger partial charge is 0.309 e. The van der Waals surface area contributed by atoms with E-state index < -0.39 is 0 Å². The molecular weight excluding hydrogens is 310 g/mol. The van der Waals surface area contributed by atoms with Gasteiger partial charge in [0.05, 0.1) is 5.69 Å². The summed E-state index contributed by atoms with van der Waals surface area (Å²) in [5.41, 5.74) is 4.01. The highest BCUT2D eigenvalue weighted by molar-refractivity contribution is 6.30. The lowest BCUT2D eigenvalue weighted by Crippen LogP contribution is -2.23. The second kappa shape index (κ2) is 5.56. The van der Waals surface area contributed by atoms with Crippen LogP contribution in [-0.4, -0.2) is 16.1 Å². The normalized spacial score (nSPS) is 16.7. The number of nitrogens with one attached hydrogen (secondary N) is 2. The van der Waals surface area contributed by atoms with Gasteiger partial charge in [0, 0.05) is 22.9 Å². The smallest absolute Gasteiger partial charge is 0.226 e. The molecule has 0 saturated carbocycles. The average Bonchev–Trinajstić information content (AvgIpc) is 2.98. The molecule has 4 rings (SSSR count). The first-order valence-corrected chi connectivity index (χ1v) is 7.79. The monoisotopic (exact) mass is 323 g/mol. The van der Waals surface area contributed by atoms with E-state index in [1.165, 1.54) is 0 Å². The van der Waals surface area contributed by atoms with E-state index in [0.717, 1.165) is 22.4 Å². The van der Waals surface area contributed by atoms with Gasteiger partial charge in [-0.05, 0) is 23.3 Å². The summed E-state index contributed by atoms with van der Waals surface area (Å²) in [7, 11) is 0. The molecule has 114 valence electrons. The van der Waals surface area contributed by atoms with Crippen molar-refractivity contribution in [1.82, 2.24) is 10.2 Å². The van der Waals surface area contributed by atoms with Crippen molar-refractivity contribution in [3.05, 3.63) is 70.7 Å². The number of halogens is 1. The van der Waals surface area contributed by atoms with Gasteiger partial charge in [0.15, 0.2) is 5.82 Å². The van der Waals surface area contributed by atoms with Crippen molar-refractivity contribution in [3.8, 4) is 11.3 Å². The number of rotatable bonds is 2. The maximum atomic E-state index is 12.0. The van der Waals surface area contributed by atoms with Gasteiger partial charge in [0.25, 0.3) is 0 Å². The predicted octanol–water partition coefficient (Wildman–Crippen LogP) is 4.20. The van der Waals surface area contributed by atoms with Crippen molar-refractivity contribution in [2.45, 2.75) is 12.3 Å². The number of hydrogen-bond acceptors (Lipinski definition) is 2. The zero-order valence-corrected chi connectivity index (χ0v) is 13.0. The van der Waals surface area contributed by atoms with Gasteiger partial charge in [-0.25, -0.2) is 0 Å². The number of benzene rings is 2. The molecule has 5 heteroatoms. The van der Waals surface area contributed by atoms with E-state index in [4.69, 9.17) is 11.6 Å². The van der Waals surface area contributed by atoms with Gasteiger partial charge in [-0.2, -0.15) is 5.10 Å². The lowest BCUT2D eigenvalue weighted by atomic mass is 9.84. The standard InChI is InChI=1S/C18H14ClN3O/c19-13-8-4-7-12(9-13)14-10-15(23)20-18-16(14)17(21-22-18)11-5-2-1-3-6-11/h1-9,14H,10H2,(H2,20,21,22,23)/t14-/m1/s1. The van der Waals surface area contributed by atoms with Crippen LogP contribution in [0.3, 0.4) is 0 Å². The number of carbonyl (C=O) groups excluding carboxylic acids is 1. The molecule has 1 aliphatic rings. The van der Waals surface area contributed by atoms with Crippen molar-refractivity contribution >= 4 is 23.3 Å². The van der Waals surface area contributed by atoms with Gasteiger partial charge in [-0.3, -0.25) is 9.89 Å². The second-order valence-corrected chi connectivity index (χ2v) is 6.02. The van der Waals surface area contributed by atoms with Crippen molar-refractivity contribution in [2.24, 2.45) is 0 Å². The second-order valence-electron chi connectivity index (χ2n) is 5.59. The van der Waals surface area contributed by atoms with Crippen LogP contribution in [0, 0.1) is 0 Å². The molecule has 3 aromatic rings. The molecule has 0 radical (unpaired) electrons. The van der Waals surface area contributed by atoms with Gasteiger partial charge in [0.2, 0.25) is 5.91 Å². The number of aromatic amines is 1. The molecule has 23 heavy (non-hydrogen) atoms. The summed E-state index contributed by atoms with van der Waals surface area (Å²) in [5, 5.41) is 10.9. The highest BCUT2D eigenvalue weighted by Crippen LogP contribution is 2.41. The molecule has 0 unspecified atom stereocenters. The molecule has 0 aliphatic carbocycles. The summed E-state index contributed by atoms with van der Waals surface area (Å²) < 4.78 is 0. The molecule has 2 heterocycles. The summed E-state index contributed by atoms with van der Waals surface area (Å²) in [6.07, 6.45) is 0.382. The van der Waals surface area contributed by atoms with E-state index in [1.807, 2.05) is 54.6 Å². The van der Waals surface area contributed by atoms with E-state index >= 15 is 0 Å². The fraction of sp³-hybridized carbons (Fsp3) is 0.111. The van der Waals surface area contributed by atoms with Crippen molar-refractivity contribution in [2.75, 3.05) is 5.32 Å². The van der Waals surface area contributed by atoms with Crippen LogP contribution in [-0.2, 0) is 4.79 Å². The first kappa shape index (κ1) is 14.0. The van der Waals surface area contributed by atoms with Crippen LogP contribution in [0.5, 0.6) is 0 Å². The van der Waals surface area contributed by atoms with E-state index in [9.17, 15) is 4.79 Å². The number of aromatic nitrogens is 2. The highest BCUT2D eigenvalue weighted by Gasteiger charge is 2.31. The Morgan fingerprint density at radius 1 is 1.09 bits per heavy atom. The molecular formula is C18H14ClN3O. The molecule has 1 atom stereocenters. The van der Waals surface area contributed by atoms with Crippen LogP contribution in [0.15, 0.2) is 54.6 Å². The third-order valence-electron chi connectivity index (χ3n) is 4.11. The summed E-state index contributed by atoms with van der Waals surface area (Å²) >= 11 is 6.13. The van der Waals surface area contributed by atoms with Crippen LogP contribution in [0.2, 0.25) is 5.02 Å². The minimum absolute atomic E-state index is 0.0337. The molecule has 2 N–H and O–H groups in total. The zero-order chi connectivity index (χ0) is 15.8. The van der Waals surface area contributed by atoms with Crippen LogP contribution < -0.4 is 5.32 Å². The summed E-state index contributed by atoms with van der Waals surface area (Å²) in [4.78, 5) is 12.0. The van der Waals surface area contributed by atoms with E-state index in [-0.39, 0.29) is 11.8 Å². The average molecular weight is 324 g/mol. The van der Waals surface area contributed by atoms with Gasteiger partial charge in [0.1, 0.15) is 0 Å². The summed E-state index contributed by atoms with van der Waals surface area (Å²) in [5.74, 6) is 0.505. The number of nitrogens with zero attached hydrogens (tertiary/aromatic N) is 1. The zero-order valence-electron chi connectivity index (χ0n) is 12.2. The number of amides is 1. The number of H-pyrrole nitrogens is 1. The molecule has 0 saturated heterocycles. The molecule has 0 fully saturated rings. The topological polar surface area (TPSA) is 57.8 Å². The number of anilines is 1. The molecule has 2 aromatic carbocycles. The summed E-state index contributed by atoms with van der Waals surface area (Å²) in [6, 6.07) is 17.7. The number of fused-ring (bicyclic) bond motifs is 1. The Balaban J connectivity index is 1.88. The molecule has 1 aliphatic heterocycles. The molecule has 1 aromatic heterocycles. The van der Waals surface area contributed by atoms with Crippen LogP contribution in [0.4, 0.5) is 5.82 Å². The molecule has 0 bridgehead atoms. The molecule has 4 nitrogen and oxygen atoms in total. The Labute approximate surface area is 138 Å². The van der Waals surface area contributed by atoms with Crippen molar-refractivity contribution in [1.29, 1.82) is 0 Å². The maximum absolute atomic E-state index is 12.0.